The summed E-state index contributed by atoms with van der Waals surface area (Å²) in [7, 11) is 0. The minimum atomic E-state index is -1.14. The maximum absolute atomic E-state index is 11.4. The molecule has 0 unspecified atom stereocenters. The number of aromatic carboxylic acids is 1. The van der Waals surface area contributed by atoms with Crippen molar-refractivity contribution in [2.45, 2.75) is 23.7 Å². The average Bonchev–Trinajstić information content (AvgIpc) is 2.72. The SMILES string of the molecule is CCn1c(Sc2nccc(C(=O)O)c2Cl)n[nH]c1=O. The lowest BCUT2D eigenvalue weighted by molar-refractivity contribution is 0.0696. The van der Waals surface area contributed by atoms with E-state index in [0.29, 0.717) is 11.7 Å². The fourth-order valence-electron chi connectivity index (χ4n) is 1.41. The van der Waals surface area contributed by atoms with Crippen molar-refractivity contribution in [2.24, 2.45) is 0 Å². The van der Waals surface area contributed by atoms with Gasteiger partial charge in [-0.3, -0.25) is 4.57 Å². The van der Waals surface area contributed by atoms with Crippen LogP contribution in [0, 0.1) is 0 Å². The van der Waals surface area contributed by atoms with Gasteiger partial charge in [-0.15, -0.1) is 5.10 Å². The third-order valence-corrected chi connectivity index (χ3v) is 3.81. The van der Waals surface area contributed by atoms with Crippen molar-refractivity contribution in [1.29, 1.82) is 0 Å². The number of H-pyrrole nitrogens is 1. The highest BCUT2D eigenvalue weighted by Crippen LogP contribution is 2.31. The van der Waals surface area contributed by atoms with Crippen molar-refractivity contribution in [3.63, 3.8) is 0 Å². The van der Waals surface area contributed by atoms with E-state index in [-0.39, 0.29) is 21.3 Å². The highest BCUT2D eigenvalue weighted by atomic mass is 35.5. The number of pyridine rings is 1. The van der Waals surface area contributed by atoms with E-state index in [1.54, 1.807) is 6.92 Å². The summed E-state index contributed by atoms with van der Waals surface area (Å²) in [6.07, 6.45) is 1.35. The molecule has 0 aliphatic carbocycles. The summed E-state index contributed by atoms with van der Waals surface area (Å²) in [4.78, 5) is 26.4. The van der Waals surface area contributed by atoms with Crippen LogP contribution in [0.15, 0.2) is 27.2 Å². The molecule has 2 aromatic rings. The normalized spacial score (nSPS) is 10.6. The summed E-state index contributed by atoms with van der Waals surface area (Å²) >= 11 is 7.00. The van der Waals surface area contributed by atoms with Crippen LogP contribution in [-0.2, 0) is 6.54 Å². The van der Waals surface area contributed by atoms with E-state index >= 15 is 0 Å². The molecule has 2 N–H and O–H groups in total. The molecule has 0 aliphatic heterocycles. The molecular weight excluding hydrogens is 292 g/mol. The molecule has 7 nitrogen and oxygen atoms in total. The van der Waals surface area contributed by atoms with Crippen LogP contribution in [0.3, 0.4) is 0 Å². The van der Waals surface area contributed by atoms with Gasteiger partial charge in [0.05, 0.1) is 10.6 Å². The molecule has 2 rings (SSSR count). The van der Waals surface area contributed by atoms with Gasteiger partial charge in [-0.05, 0) is 24.8 Å². The van der Waals surface area contributed by atoms with E-state index in [0.717, 1.165) is 11.8 Å². The second-order valence-electron chi connectivity index (χ2n) is 3.44. The summed E-state index contributed by atoms with van der Waals surface area (Å²) in [5.41, 5.74) is -0.379. The maximum Gasteiger partial charge on any atom is 0.343 e. The molecule has 0 bridgehead atoms. The predicted molar refractivity (Wildman–Crippen MR) is 68.9 cm³/mol. The van der Waals surface area contributed by atoms with Gasteiger partial charge < -0.3 is 5.11 Å². The number of aromatic nitrogens is 4. The summed E-state index contributed by atoms with van der Waals surface area (Å²) in [5, 5.41) is 15.8. The van der Waals surface area contributed by atoms with Crippen LogP contribution in [-0.4, -0.2) is 30.8 Å². The van der Waals surface area contributed by atoms with E-state index in [4.69, 9.17) is 16.7 Å². The van der Waals surface area contributed by atoms with Crippen LogP contribution in [0.4, 0.5) is 0 Å². The first-order valence-corrected chi connectivity index (χ1v) is 6.45. The smallest absolute Gasteiger partial charge is 0.343 e. The lowest BCUT2D eigenvalue weighted by Crippen LogP contribution is -2.16. The number of hydrogen-bond acceptors (Lipinski definition) is 5. The molecule has 2 heterocycles. The Bertz CT molecular complexity index is 682. The number of carbonyl (C=O) groups is 1. The quantitative estimate of drug-likeness (QED) is 0.887. The van der Waals surface area contributed by atoms with Crippen LogP contribution < -0.4 is 5.69 Å². The zero-order valence-electron chi connectivity index (χ0n) is 9.75. The van der Waals surface area contributed by atoms with Gasteiger partial charge in [0.2, 0.25) is 0 Å². The Hall–Kier alpha value is -1.80. The Kier molecular flexibility index (Phi) is 3.91. The molecule has 0 atom stereocenters. The van der Waals surface area contributed by atoms with Gasteiger partial charge in [-0.1, -0.05) is 11.6 Å². The first-order chi connectivity index (χ1) is 9.04. The van der Waals surface area contributed by atoms with Gasteiger partial charge in [0.15, 0.2) is 5.16 Å². The molecule has 0 spiro atoms. The topological polar surface area (TPSA) is 101 Å². The van der Waals surface area contributed by atoms with E-state index in [2.05, 4.69) is 15.2 Å². The molecular formula is C10H9ClN4O3S. The largest absolute Gasteiger partial charge is 0.478 e. The first kappa shape index (κ1) is 13.6. The van der Waals surface area contributed by atoms with Crippen molar-refractivity contribution >= 4 is 29.3 Å². The monoisotopic (exact) mass is 300 g/mol. The summed E-state index contributed by atoms with van der Waals surface area (Å²) in [5.74, 6) is -1.14. The second-order valence-corrected chi connectivity index (χ2v) is 4.77. The van der Waals surface area contributed by atoms with Crippen molar-refractivity contribution in [1.82, 2.24) is 19.7 Å². The van der Waals surface area contributed by atoms with Gasteiger partial charge >= 0.3 is 11.7 Å². The minimum absolute atomic E-state index is 0.0260. The van der Waals surface area contributed by atoms with Gasteiger partial charge in [0.1, 0.15) is 5.03 Å². The van der Waals surface area contributed by atoms with Crippen molar-refractivity contribution < 1.29 is 9.90 Å². The number of halogens is 1. The van der Waals surface area contributed by atoms with Gasteiger partial charge in [-0.2, -0.15) is 0 Å². The minimum Gasteiger partial charge on any atom is -0.478 e. The van der Waals surface area contributed by atoms with Crippen molar-refractivity contribution in [3.8, 4) is 0 Å². The van der Waals surface area contributed by atoms with E-state index < -0.39 is 5.97 Å². The number of carboxylic acid groups (broad SMARTS) is 1. The summed E-state index contributed by atoms with van der Waals surface area (Å²) < 4.78 is 1.40. The first-order valence-electron chi connectivity index (χ1n) is 5.25. The summed E-state index contributed by atoms with van der Waals surface area (Å²) in [6, 6.07) is 1.31. The molecule has 0 saturated heterocycles. The number of carboxylic acids is 1. The number of aromatic amines is 1. The maximum atomic E-state index is 11.4. The van der Waals surface area contributed by atoms with Gasteiger partial charge in [-0.25, -0.2) is 19.7 Å². The molecule has 2 aromatic heterocycles. The zero-order valence-corrected chi connectivity index (χ0v) is 11.3. The zero-order chi connectivity index (χ0) is 14.0. The fraction of sp³-hybridized carbons (Fsp3) is 0.200. The van der Waals surface area contributed by atoms with Crippen LogP contribution in [0.1, 0.15) is 17.3 Å². The molecule has 0 fully saturated rings. The molecule has 0 amide bonds. The predicted octanol–water partition coefficient (Wildman–Crippen LogP) is 1.49. The molecule has 9 heteroatoms. The molecule has 0 saturated carbocycles. The van der Waals surface area contributed by atoms with E-state index in [1.165, 1.54) is 16.8 Å². The molecule has 0 aromatic carbocycles. The van der Waals surface area contributed by atoms with Crippen molar-refractivity contribution in [2.75, 3.05) is 0 Å². The molecule has 19 heavy (non-hydrogen) atoms. The number of nitrogens with one attached hydrogen (secondary N) is 1. The van der Waals surface area contributed by atoms with Crippen LogP contribution in [0.5, 0.6) is 0 Å². The fourth-order valence-corrected chi connectivity index (χ4v) is 2.62. The standard InChI is InChI=1S/C10H9ClN4O3S/c1-2-15-9(18)13-14-10(15)19-7-6(11)5(8(16)17)3-4-12-7/h3-4H,2H2,1H3,(H,13,18)(H,16,17). The Balaban J connectivity index is 2.41. The molecule has 0 radical (unpaired) electrons. The number of rotatable bonds is 4. The third-order valence-electron chi connectivity index (χ3n) is 2.32. The van der Waals surface area contributed by atoms with Crippen LogP contribution in [0.2, 0.25) is 5.02 Å². The molecule has 0 aliphatic rings. The van der Waals surface area contributed by atoms with Crippen LogP contribution in [0.25, 0.3) is 0 Å². The van der Waals surface area contributed by atoms with E-state index in [9.17, 15) is 9.59 Å². The Morgan fingerprint density at radius 1 is 1.63 bits per heavy atom. The highest BCUT2D eigenvalue weighted by Gasteiger charge is 2.17. The van der Waals surface area contributed by atoms with Crippen molar-refractivity contribution in [3.05, 3.63) is 33.3 Å². The van der Waals surface area contributed by atoms with Crippen LogP contribution >= 0.6 is 23.4 Å². The molecule has 100 valence electrons. The number of hydrogen-bond donors (Lipinski definition) is 2. The Morgan fingerprint density at radius 2 is 2.37 bits per heavy atom. The summed E-state index contributed by atoms with van der Waals surface area (Å²) in [6.45, 7) is 2.23. The van der Waals surface area contributed by atoms with Gasteiger partial charge in [0.25, 0.3) is 0 Å². The average molecular weight is 301 g/mol. The van der Waals surface area contributed by atoms with Gasteiger partial charge in [0, 0.05) is 12.7 Å². The Labute approximate surface area is 116 Å². The second kappa shape index (κ2) is 5.45. The van der Waals surface area contributed by atoms with E-state index in [1.807, 2.05) is 0 Å². The lowest BCUT2D eigenvalue weighted by atomic mass is 10.3. The third kappa shape index (κ3) is 2.64. The highest BCUT2D eigenvalue weighted by molar-refractivity contribution is 7.99. The Morgan fingerprint density at radius 3 is 3.00 bits per heavy atom. The lowest BCUT2D eigenvalue weighted by Gasteiger charge is -2.05. The number of nitrogens with zero attached hydrogens (tertiary/aromatic N) is 3.